The van der Waals surface area contributed by atoms with Crippen molar-refractivity contribution in [1.82, 2.24) is 10.3 Å². The molecule has 0 spiro atoms. The summed E-state index contributed by atoms with van der Waals surface area (Å²) in [5, 5.41) is 4.67. The van der Waals surface area contributed by atoms with Crippen LogP contribution in [-0.2, 0) is 6.54 Å². The first-order chi connectivity index (χ1) is 10.4. The molecule has 2 nitrogen and oxygen atoms in total. The van der Waals surface area contributed by atoms with E-state index in [1.807, 2.05) is 12.3 Å². The summed E-state index contributed by atoms with van der Waals surface area (Å²) in [5.74, 6) is 0. The number of rotatable bonds is 5. The number of fused-ring (bicyclic) bond motifs is 1. The maximum Gasteiger partial charge on any atom is 0.0708 e. The summed E-state index contributed by atoms with van der Waals surface area (Å²) in [5.41, 5.74) is 4.90. The van der Waals surface area contributed by atoms with Crippen molar-refractivity contribution in [2.24, 2.45) is 0 Å². The highest BCUT2D eigenvalue weighted by Crippen LogP contribution is 2.26. The van der Waals surface area contributed by atoms with Gasteiger partial charge in [0, 0.05) is 18.1 Å². The van der Waals surface area contributed by atoms with Gasteiger partial charge in [0.15, 0.2) is 0 Å². The Hall–Kier alpha value is -2.19. The third-order valence-electron chi connectivity index (χ3n) is 3.68. The first kappa shape index (κ1) is 13.8. The highest BCUT2D eigenvalue weighted by molar-refractivity contribution is 5.84. The van der Waals surface area contributed by atoms with E-state index in [1.54, 1.807) is 0 Å². The summed E-state index contributed by atoms with van der Waals surface area (Å²) in [4.78, 5) is 4.46. The molecule has 106 valence electrons. The second kappa shape index (κ2) is 6.51. The molecule has 0 aliphatic heterocycles. The predicted octanol–water partition coefficient (Wildman–Crippen LogP) is 4.40. The second-order valence-electron chi connectivity index (χ2n) is 5.24. The van der Waals surface area contributed by atoms with Crippen LogP contribution in [0.3, 0.4) is 0 Å². The van der Waals surface area contributed by atoms with Crippen molar-refractivity contribution in [2.45, 2.75) is 19.9 Å². The van der Waals surface area contributed by atoms with Gasteiger partial charge in [-0.1, -0.05) is 49.4 Å². The van der Waals surface area contributed by atoms with Crippen LogP contribution in [0, 0.1) is 0 Å². The summed E-state index contributed by atoms with van der Waals surface area (Å²) >= 11 is 0. The normalized spacial score (nSPS) is 10.9. The number of aromatic nitrogens is 1. The summed E-state index contributed by atoms with van der Waals surface area (Å²) in [7, 11) is 0. The van der Waals surface area contributed by atoms with Crippen LogP contribution in [0.5, 0.6) is 0 Å². The molecular weight excluding hydrogens is 256 g/mol. The van der Waals surface area contributed by atoms with Gasteiger partial charge in [-0.3, -0.25) is 4.98 Å². The molecule has 0 fully saturated rings. The van der Waals surface area contributed by atoms with Gasteiger partial charge in [0.25, 0.3) is 0 Å². The highest BCUT2D eigenvalue weighted by atomic mass is 14.8. The van der Waals surface area contributed by atoms with Crippen molar-refractivity contribution in [3.63, 3.8) is 0 Å². The van der Waals surface area contributed by atoms with Gasteiger partial charge in [-0.15, -0.1) is 0 Å². The molecule has 0 atom stereocenters. The number of pyridine rings is 1. The minimum atomic E-state index is 0.907. The average Bonchev–Trinajstić information content (AvgIpc) is 2.55. The van der Waals surface area contributed by atoms with Crippen molar-refractivity contribution < 1.29 is 0 Å². The Bertz CT molecular complexity index is 734. The van der Waals surface area contributed by atoms with Gasteiger partial charge in [-0.05, 0) is 41.8 Å². The Morgan fingerprint density at radius 3 is 2.81 bits per heavy atom. The summed E-state index contributed by atoms with van der Waals surface area (Å²) in [6.07, 6.45) is 3.00. The van der Waals surface area contributed by atoms with E-state index in [9.17, 15) is 0 Å². The molecule has 2 aromatic carbocycles. The Labute approximate surface area is 125 Å². The molecule has 0 amide bonds. The zero-order valence-corrected chi connectivity index (χ0v) is 12.3. The van der Waals surface area contributed by atoms with Crippen LogP contribution in [0.4, 0.5) is 0 Å². The number of nitrogens with zero attached hydrogens (tertiary/aromatic N) is 1. The SMILES string of the molecule is CCCNCc1ccccc1-c1ccc2cccnc2c1. The molecule has 21 heavy (non-hydrogen) atoms. The molecule has 3 rings (SSSR count). The molecule has 3 aromatic rings. The van der Waals surface area contributed by atoms with E-state index in [4.69, 9.17) is 0 Å². The number of hydrogen-bond donors (Lipinski definition) is 1. The molecule has 0 radical (unpaired) electrons. The number of hydrogen-bond acceptors (Lipinski definition) is 2. The van der Waals surface area contributed by atoms with Gasteiger partial charge in [0.2, 0.25) is 0 Å². The molecule has 0 unspecified atom stereocenters. The Morgan fingerprint density at radius 2 is 1.90 bits per heavy atom. The van der Waals surface area contributed by atoms with E-state index in [-0.39, 0.29) is 0 Å². The fourth-order valence-electron chi connectivity index (χ4n) is 2.59. The van der Waals surface area contributed by atoms with Crippen LogP contribution >= 0.6 is 0 Å². The van der Waals surface area contributed by atoms with Crippen molar-refractivity contribution in [3.8, 4) is 11.1 Å². The predicted molar refractivity (Wildman–Crippen MR) is 89.2 cm³/mol. The van der Waals surface area contributed by atoms with E-state index < -0.39 is 0 Å². The Kier molecular flexibility index (Phi) is 4.27. The number of nitrogens with one attached hydrogen (secondary N) is 1. The van der Waals surface area contributed by atoms with Crippen LogP contribution in [0.1, 0.15) is 18.9 Å². The lowest BCUT2D eigenvalue weighted by molar-refractivity contribution is 0.676. The van der Waals surface area contributed by atoms with Crippen LogP contribution in [0.15, 0.2) is 60.8 Å². The van der Waals surface area contributed by atoms with Gasteiger partial charge in [-0.2, -0.15) is 0 Å². The minimum absolute atomic E-state index is 0.907. The average molecular weight is 276 g/mol. The molecule has 1 heterocycles. The Balaban J connectivity index is 1.97. The monoisotopic (exact) mass is 276 g/mol. The van der Waals surface area contributed by atoms with E-state index in [0.717, 1.165) is 25.0 Å². The quantitative estimate of drug-likeness (QED) is 0.699. The highest BCUT2D eigenvalue weighted by Gasteiger charge is 2.05. The van der Waals surface area contributed by atoms with Gasteiger partial charge < -0.3 is 5.32 Å². The van der Waals surface area contributed by atoms with E-state index in [2.05, 4.69) is 65.8 Å². The van der Waals surface area contributed by atoms with Crippen LogP contribution in [0.2, 0.25) is 0 Å². The first-order valence-corrected chi connectivity index (χ1v) is 7.52. The zero-order chi connectivity index (χ0) is 14.5. The molecule has 0 saturated heterocycles. The van der Waals surface area contributed by atoms with E-state index in [0.29, 0.717) is 0 Å². The summed E-state index contributed by atoms with van der Waals surface area (Å²) in [6.45, 7) is 4.14. The van der Waals surface area contributed by atoms with E-state index >= 15 is 0 Å². The molecule has 0 aliphatic rings. The molecular formula is C19H20N2. The fraction of sp³-hybridized carbons (Fsp3) is 0.211. The fourth-order valence-corrected chi connectivity index (χ4v) is 2.59. The maximum atomic E-state index is 4.46. The van der Waals surface area contributed by atoms with Crippen LogP contribution < -0.4 is 5.32 Å². The maximum absolute atomic E-state index is 4.46. The van der Waals surface area contributed by atoms with Gasteiger partial charge in [-0.25, -0.2) is 0 Å². The summed E-state index contributed by atoms with van der Waals surface area (Å²) in [6, 6.07) is 19.2. The molecule has 1 N–H and O–H groups in total. The lowest BCUT2D eigenvalue weighted by Crippen LogP contribution is -2.14. The molecule has 0 aliphatic carbocycles. The van der Waals surface area contributed by atoms with Gasteiger partial charge >= 0.3 is 0 Å². The molecule has 2 heteroatoms. The third-order valence-corrected chi connectivity index (χ3v) is 3.68. The smallest absolute Gasteiger partial charge is 0.0708 e. The third kappa shape index (κ3) is 3.11. The van der Waals surface area contributed by atoms with Gasteiger partial charge in [0.1, 0.15) is 0 Å². The second-order valence-corrected chi connectivity index (χ2v) is 5.24. The van der Waals surface area contributed by atoms with Crippen molar-refractivity contribution in [1.29, 1.82) is 0 Å². The minimum Gasteiger partial charge on any atom is -0.313 e. The van der Waals surface area contributed by atoms with Crippen molar-refractivity contribution in [2.75, 3.05) is 6.54 Å². The van der Waals surface area contributed by atoms with Crippen LogP contribution in [-0.4, -0.2) is 11.5 Å². The zero-order valence-electron chi connectivity index (χ0n) is 12.3. The standard InChI is InChI=1S/C19H20N2/c1-2-11-20-14-17-6-3-4-8-18(17)16-10-9-15-7-5-12-21-19(15)13-16/h3-10,12-13,20H,2,11,14H2,1H3. The largest absolute Gasteiger partial charge is 0.313 e. The molecule has 0 bridgehead atoms. The Morgan fingerprint density at radius 1 is 1.00 bits per heavy atom. The van der Waals surface area contributed by atoms with Crippen molar-refractivity contribution >= 4 is 10.9 Å². The molecule has 1 aromatic heterocycles. The topological polar surface area (TPSA) is 24.9 Å². The summed E-state index contributed by atoms with van der Waals surface area (Å²) < 4.78 is 0. The first-order valence-electron chi connectivity index (χ1n) is 7.52. The lowest BCUT2D eigenvalue weighted by atomic mass is 9.98. The van der Waals surface area contributed by atoms with Crippen LogP contribution in [0.25, 0.3) is 22.0 Å². The lowest BCUT2D eigenvalue weighted by Gasteiger charge is -2.11. The van der Waals surface area contributed by atoms with E-state index in [1.165, 1.54) is 22.1 Å². The molecule has 0 saturated carbocycles. The van der Waals surface area contributed by atoms with Crippen molar-refractivity contribution in [3.05, 3.63) is 66.4 Å². The van der Waals surface area contributed by atoms with Gasteiger partial charge in [0.05, 0.1) is 5.52 Å². The number of benzene rings is 2.